The zero-order chi connectivity index (χ0) is 30.8. The van der Waals surface area contributed by atoms with Crippen LogP contribution in [-0.4, -0.2) is 92.4 Å². The Labute approximate surface area is 265 Å². The first kappa shape index (κ1) is 29.7. The van der Waals surface area contributed by atoms with Gasteiger partial charge >= 0.3 is 5.97 Å². The molecule has 2 aliphatic heterocycles. The van der Waals surface area contributed by atoms with Crippen LogP contribution in [0.5, 0.6) is 0 Å². The normalized spacial score (nSPS) is 18.2. The van der Waals surface area contributed by atoms with Crippen molar-refractivity contribution in [1.82, 2.24) is 39.1 Å². The molecule has 2 amide bonds. The highest BCUT2D eigenvalue weighted by molar-refractivity contribution is 8.01. The summed E-state index contributed by atoms with van der Waals surface area (Å²) < 4.78 is 6.68. The Morgan fingerprint density at radius 1 is 1.34 bits per heavy atom. The minimum atomic E-state index is -1.21. The van der Waals surface area contributed by atoms with Gasteiger partial charge in [0.2, 0.25) is 11.5 Å². The van der Waals surface area contributed by atoms with Crippen molar-refractivity contribution in [3.63, 3.8) is 0 Å². The van der Waals surface area contributed by atoms with E-state index >= 15 is 0 Å². The first-order valence-corrected chi connectivity index (χ1v) is 16.4. The molecule has 1 saturated heterocycles. The van der Waals surface area contributed by atoms with Crippen LogP contribution in [0.3, 0.4) is 0 Å². The number of rotatable bonds is 11. The number of aromatic nitrogens is 6. The van der Waals surface area contributed by atoms with Gasteiger partial charge in [-0.05, 0) is 17.7 Å². The van der Waals surface area contributed by atoms with Crippen LogP contribution in [-0.2, 0) is 25.8 Å². The van der Waals surface area contributed by atoms with Gasteiger partial charge in [0.1, 0.15) is 24.2 Å². The van der Waals surface area contributed by atoms with Crippen molar-refractivity contribution < 1.29 is 24.3 Å². The van der Waals surface area contributed by atoms with Gasteiger partial charge < -0.3 is 25.6 Å². The van der Waals surface area contributed by atoms with Crippen LogP contribution in [0.25, 0.3) is 11.3 Å². The Kier molecular flexibility index (Phi) is 8.60. The topological polar surface area (TPSA) is 204 Å². The lowest BCUT2D eigenvalue weighted by Gasteiger charge is -2.49. The molecule has 1 fully saturated rings. The lowest BCUT2D eigenvalue weighted by Crippen LogP contribution is -2.71. The van der Waals surface area contributed by atoms with Gasteiger partial charge in [-0.15, -0.1) is 23.1 Å². The molecule has 0 saturated carbocycles. The van der Waals surface area contributed by atoms with Gasteiger partial charge in [0.05, 0.1) is 24.3 Å². The number of imidazole rings is 1. The third-order valence-electron chi connectivity index (χ3n) is 6.42. The van der Waals surface area contributed by atoms with Gasteiger partial charge in [0, 0.05) is 52.6 Å². The molecule has 2 atom stereocenters. The highest BCUT2D eigenvalue weighted by atomic mass is 32.2. The Morgan fingerprint density at radius 2 is 2.20 bits per heavy atom. The van der Waals surface area contributed by atoms with Crippen molar-refractivity contribution in [3.8, 4) is 11.3 Å². The summed E-state index contributed by atoms with van der Waals surface area (Å²) >= 11 is 5.12. The zero-order valence-electron chi connectivity index (χ0n) is 22.7. The number of thiazole rings is 1. The molecule has 0 aromatic carbocycles. The standard InChI is InChI=1S/C25H22N10O5S4/c1-40-32-16(19-31-24(26)44-33-19)20(36)30-17-21(37)35-18(23(38)39)13(8-41-22(17)35)9-42-25-29-14(10-43-25)6-34-7-15(28-11-34)12-3-2-4-27-5-12/h2-5,7,10-11,17,22H,6,8-9H2,1H3,(H,30,36)(H,38,39)(H2,26,31,33)/b32-16+/t17-,22-/m1/s1. The molecule has 4 aromatic heterocycles. The Hall–Kier alpha value is -4.33. The third kappa shape index (κ3) is 6.03. The second-order valence-electron chi connectivity index (χ2n) is 9.26. The second kappa shape index (κ2) is 12.7. The number of carbonyl (C=O) groups excluding carboxylic acids is 2. The summed E-state index contributed by atoms with van der Waals surface area (Å²) in [6.45, 7) is 0.531. The van der Waals surface area contributed by atoms with Crippen LogP contribution in [0, 0.1) is 0 Å². The van der Waals surface area contributed by atoms with E-state index in [1.54, 1.807) is 18.7 Å². The molecule has 6 rings (SSSR count). The van der Waals surface area contributed by atoms with Gasteiger partial charge in [0.15, 0.2) is 9.47 Å². The largest absolute Gasteiger partial charge is 0.477 e. The van der Waals surface area contributed by atoms with Crippen LogP contribution in [0.4, 0.5) is 5.13 Å². The maximum Gasteiger partial charge on any atom is 0.352 e. The van der Waals surface area contributed by atoms with E-state index < -0.39 is 29.2 Å². The number of amides is 2. The number of nitrogen functional groups attached to an aromatic ring is 1. The number of carboxylic acid groups (broad SMARTS) is 1. The number of hydrogen-bond acceptors (Lipinski definition) is 15. The van der Waals surface area contributed by atoms with Gasteiger partial charge in [0.25, 0.3) is 11.8 Å². The predicted octanol–water partition coefficient (Wildman–Crippen LogP) is 1.77. The Morgan fingerprint density at radius 3 is 2.93 bits per heavy atom. The number of anilines is 1. The molecule has 0 radical (unpaired) electrons. The van der Waals surface area contributed by atoms with E-state index in [9.17, 15) is 19.5 Å². The molecule has 0 spiro atoms. The van der Waals surface area contributed by atoms with Crippen LogP contribution in [0.2, 0.25) is 0 Å². The number of β-lactam (4-membered cyclic amide) rings is 1. The van der Waals surface area contributed by atoms with Gasteiger partial charge in [-0.25, -0.2) is 14.8 Å². The zero-order valence-corrected chi connectivity index (χ0v) is 26.0. The predicted molar refractivity (Wildman–Crippen MR) is 165 cm³/mol. The number of carboxylic acids is 1. The summed E-state index contributed by atoms with van der Waals surface area (Å²) in [5.41, 5.74) is 8.48. The first-order valence-electron chi connectivity index (χ1n) is 12.7. The van der Waals surface area contributed by atoms with Gasteiger partial charge in [-0.3, -0.25) is 19.5 Å². The number of fused-ring (bicyclic) bond motifs is 1. The molecule has 0 unspecified atom stereocenters. The van der Waals surface area contributed by atoms with Crippen molar-refractivity contribution in [1.29, 1.82) is 0 Å². The second-order valence-corrected chi connectivity index (χ2v) is 13.2. The summed E-state index contributed by atoms with van der Waals surface area (Å²) in [4.78, 5) is 61.5. The molecular formula is C25H22N10O5S4. The van der Waals surface area contributed by atoms with Crippen LogP contribution in [0.1, 0.15) is 11.5 Å². The molecular weight excluding hydrogens is 649 g/mol. The van der Waals surface area contributed by atoms with E-state index in [1.165, 1.54) is 46.9 Å². The van der Waals surface area contributed by atoms with Gasteiger partial charge in [-0.1, -0.05) is 16.9 Å². The number of hydrogen-bond donors (Lipinski definition) is 3. The fourth-order valence-electron chi connectivity index (χ4n) is 4.48. The number of aliphatic carboxylic acids is 1. The maximum atomic E-state index is 13.1. The van der Waals surface area contributed by atoms with Crippen LogP contribution < -0.4 is 11.1 Å². The average Bonchev–Trinajstić information content (AvgIpc) is 3.79. The van der Waals surface area contributed by atoms with E-state index in [0.29, 0.717) is 23.6 Å². The Bertz CT molecular complexity index is 1790. The fourth-order valence-corrected chi connectivity index (χ4v) is 8.24. The minimum Gasteiger partial charge on any atom is -0.477 e. The summed E-state index contributed by atoms with van der Waals surface area (Å²) in [5.74, 6) is -1.83. The van der Waals surface area contributed by atoms with Crippen molar-refractivity contribution >= 4 is 75.0 Å². The number of oxime groups is 1. The van der Waals surface area contributed by atoms with Crippen molar-refractivity contribution in [2.24, 2.45) is 5.16 Å². The average molecular weight is 671 g/mol. The Balaban J connectivity index is 1.09. The molecule has 4 aromatic rings. The number of nitrogens with two attached hydrogens (primary N) is 1. The van der Waals surface area contributed by atoms with Crippen LogP contribution >= 0.6 is 46.4 Å². The van der Waals surface area contributed by atoms with E-state index in [4.69, 9.17) is 10.6 Å². The lowest BCUT2D eigenvalue weighted by atomic mass is 10.0. The third-order valence-corrected chi connectivity index (χ3v) is 10.5. The van der Waals surface area contributed by atoms with Gasteiger partial charge in [-0.2, -0.15) is 9.36 Å². The highest BCUT2D eigenvalue weighted by Crippen LogP contribution is 2.42. The molecule has 19 heteroatoms. The smallest absolute Gasteiger partial charge is 0.352 e. The number of pyridine rings is 1. The SMILES string of the molecule is CO/N=C(/C(=O)N[C@@H]1C(=O)N2C(C(=O)O)=C(CSc3nc(Cn4cnc(-c5cccnc5)c4)cs3)CS[C@H]12)c1nsc(N)n1. The summed E-state index contributed by atoms with van der Waals surface area (Å²) in [7, 11) is 1.26. The van der Waals surface area contributed by atoms with Crippen molar-refractivity contribution in [2.45, 2.75) is 22.3 Å². The van der Waals surface area contributed by atoms with Crippen LogP contribution in [0.15, 0.2) is 63.2 Å². The van der Waals surface area contributed by atoms with E-state index in [1.807, 2.05) is 28.3 Å². The fraction of sp³-hybridized carbons (Fsp3) is 0.240. The summed E-state index contributed by atoms with van der Waals surface area (Å²) in [6, 6.07) is 2.84. The summed E-state index contributed by atoms with van der Waals surface area (Å²) in [6.07, 6.45) is 7.14. The molecule has 226 valence electrons. The molecule has 0 bridgehead atoms. The molecule has 4 N–H and O–H groups in total. The molecule has 6 heterocycles. The summed E-state index contributed by atoms with van der Waals surface area (Å²) in [5, 5.41) is 17.8. The minimum absolute atomic E-state index is 0.0398. The number of nitrogens with zero attached hydrogens (tertiary/aromatic N) is 8. The maximum absolute atomic E-state index is 13.1. The lowest BCUT2D eigenvalue weighted by molar-refractivity contribution is -0.150. The molecule has 15 nitrogen and oxygen atoms in total. The molecule has 2 aliphatic rings. The van der Waals surface area contributed by atoms with E-state index in [0.717, 1.165) is 32.8 Å². The first-order chi connectivity index (χ1) is 21.3. The quantitative estimate of drug-likeness (QED) is 0.0902. The highest BCUT2D eigenvalue weighted by Gasteiger charge is 2.54. The monoisotopic (exact) mass is 670 g/mol. The number of nitrogens with one attached hydrogen (secondary N) is 1. The van der Waals surface area contributed by atoms with E-state index in [-0.39, 0.29) is 22.4 Å². The van der Waals surface area contributed by atoms with Crippen molar-refractivity contribution in [2.75, 3.05) is 24.3 Å². The molecule has 0 aliphatic carbocycles. The molecule has 44 heavy (non-hydrogen) atoms. The van der Waals surface area contributed by atoms with Crippen molar-refractivity contribution in [3.05, 3.63) is 65.2 Å². The number of carbonyl (C=O) groups is 3. The van der Waals surface area contributed by atoms with E-state index in [2.05, 4.69) is 34.8 Å². The number of thioether (sulfide) groups is 2.